The van der Waals surface area contributed by atoms with Crippen LogP contribution in [0.25, 0.3) is 10.9 Å². The molecule has 1 heterocycles. The van der Waals surface area contributed by atoms with Crippen LogP contribution in [-0.2, 0) is 6.61 Å². The van der Waals surface area contributed by atoms with Crippen molar-refractivity contribution in [3.8, 4) is 11.8 Å². The van der Waals surface area contributed by atoms with Crippen molar-refractivity contribution < 1.29 is 4.74 Å². The highest BCUT2D eigenvalue weighted by Gasteiger charge is 2.09. The van der Waals surface area contributed by atoms with E-state index in [2.05, 4.69) is 11.1 Å². The number of ether oxygens (including phenoxy) is 1. The molecular formula is C18H13ClN2O. The highest BCUT2D eigenvalue weighted by atomic mass is 35.5. The van der Waals surface area contributed by atoms with Gasteiger partial charge in [0.15, 0.2) is 0 Å². The van der Waals surface area contributed by atoms with Gasteiger partial charge in [0, 0.05) is 22.2 Å². The van der Waals surface area contributed by atoms with Crippen molar-refractivity contribution in [3.05, 3.63) is 70.4 Å². The summed E-state index contributed by atoms with van der Waals surface area (Å²) in [4.78, 5) is 4.40. The fourth-order valence-corrected chi connectivity index (χ4v) is 2.56. The largest absolute Gasteiger partial charge is 0.488 e. The van der Waals surface area contributed by atoms with E-state index in [1.807, 2.05) is 31.2 Å². The van der Waals surface area contributed by atoms with Crippen LogP contribution < -0.4 is 4.74 Å². The topological polar surface area (TPSA) is 45.9 Å². The van der Waals surface area contributed by atoms with Crippen molar-refractivity contribution in [2.24, 2.45) is 0 Å². The van der Waals surface area contributed by atoms with Gasteiger partial charge >= 0.3 is 0 Å². The number of hydrogen-bond acceptors (Lipinski definition) is 3. The molecule has 0 N–H and O–H groups in total. The number of aryl methyl sites for hydroxylation is 1. The standard InChI is InChI=1S/C18H13ClN2O/c1-12-9-13(10-20)4-7-17(12)22-11-15-16(19)6-5-14-3-2-8-21-18(14)15/h2-9H,11H2,1H3. The van der Waals surface area contributed by atoms with E-state index in [0.717, 1.165) is 27.8 Å². The van der Waals surface area contributed by atoms with E-state index < -0.39 is 0 Å². The first kappa shape index (κ1) is 14.4. The molecule has 0 amide bonds. The zero-order chi connectivity index (χ0) is 15.5. The number of nitrogens with zero attached hydrogens (tertiary/aromatic N) is 2. The predicted molar refractivity (Wildman–Crippen MR) is 87.0 cm³/mol. The quantitative estimate of drug-likeness (QED) is 0.707. The summed E-state index contributed by atoms with van der Waals surface area (Å²) < 4.78 is 5.88. The van der Waals surface area contributed by atoms with E-state index in [1.165, 1.54) is 0 Å². The second-order valence-corrected chi connectivity index (χ2v) is 5.39. The summed E-state index contributed by atoms with van der Waals surface area (Å²) in [5, 5.41) is 10.6. The molecule has 3 aromatic rings. The first-order valence-electron chi connectivity index (χ1n) is 6.84. The second kappa shape index (κ2) is 6.05. The number of benzene rings is 2. The summed E-state index contributed by atoms with van der Waals surface area (Å²) in [6.45, 7) is 2.25. The lowest BCUT2D eigenvalue weighted by molar-refractivity contribution is 0.305. The molecule has 0 fully saturated rings. The minimum absolute atomic E-state index is 0.333. The third-order valence-corrected chi connectivity index (χ3v) is 3.85. The van der Waals surface area contributed by atoms with Crippen molar-refractivity contribution in [3.63, 3.8) is 0 Å². The Hall–Kier alpha value is -2.57. The van der Waals surface area contributed by atoms with Crippen LogP contribution in [0.1, 0.15) is 16.7 Å². The van der Waals surface area contributed by atoms with Gasteiger partial charge in [-0.3, -0.25) is 4.98 Å². The Morgan fingerprint density at radius 3 is 2.86 bits per heavy atom. The average molecular weight is 309 g/mol. The Morgan fingerprint density at radius 1 is 1.23 bits per heavy atom. The molecule has 0 aliphatic heterocycles. The summed E-state index contributed by atoms with van der Waals surface area (Å²) in [6.07, 6.45) is 1.75. The van der Waals surface area contributed by atoms with Gasteiger partial charge in [-0.25, -0.2) is 0 Å². The van der Waals surface area contributed by atoms with Crippen LogP contribution in [0.4, 0.5) is 0 Å². The summed E-state index contributed by atoms with van der Waals surface area (Å²) >= 11 is 6.29. The maximum absolute atomic E-state index is 8.90. The molecule has 0 unspecified atom stereocenters. The lowest BCUT2D eigenvalue weighted by Crippen LogP contribution is -2.00. The van der Waals surface area contributed by atoms with Crippen molar-refractivity contribution in [2.45, 2.75) is 13.5 Å². The molecule has 0 radical (unpaired) electrons. The van der Waals surface area contributed by atoms with Gasteiger partial charge < -0.3 is 4.74 Å². The molecule has 0 saturated heterocycles. The number of aromatic nitrogens is 1. The van der Waals surface area contributed by atoms with Crippen molar-refractivity contribution >= 4 is 22.5 Å². The molecule has 1 aromatic heterocycles. The van der Waals surface area contributed by atoms with E-state index in [1.54, 1.807) is 24.4 Å². The summed E-state index contributed by atoms with van der Waals surface area (Å²) in [5.74, 6) is 0.739. The maximum atomic E-state index is 8.90. The fourth-order valence-electron chi connectivity index (χ4n) is 2.35. The van der Waals surface area contributed by atoms with Crippen LogP contribution in [0.3, 0.4) is 0 Å². The minimum atomic E-state index is 0.333. The van der Waals surface area contributed by atoms with Gasteiger partial charge in [0.1, 0.15) is 12.4 Å². The van der Waals surface area contributed by atoms with Gasteiger partial charge in [0.25, 0.3) is 0 Å². The van der Waals surface area contributed by atoms with Gasteiger partial charge in [-0.05, 0) is 42.8 Å². The third-order valence-electron chi connectivity index (χ3n) is 3.50. The lowest BCUT2D eigenvalue weighted by Gasteiger charge is -2.12. The smallest absolute Gasteiger partial charge is 0.122 e. The van der Waals surface area contributed by atoms with Gasteiger partial charge in [-0.1, -0.05) is 23.7 Å². The molecule has 108 valence electrons. The molecule has 0 aliphatic rings. The number of rotatable bonds is 3. The molecule has 2 aromatic carbocycles. The average Bonchev–Trinajstić information content (AvgIpc) is 2.55. The van der Waals surface area contributed by atoms with Gasteiger partial charge in [-0.15, -0.1) is 0 Å². The van der Waals surface area contributed by atoms with Gasteiger partial charge in [-0.2, -0.15) is 5.26 Å². The summed E-state index contributed by atoms with van der Waals surface area (Å²) in [7, 11) is 0. The summed E-state index contributed by atoms with van der Waals surface area (Å²) in [5.41, 5.74) is 3.25. The number of nitriles is 1. The molecule has 0 saturated carbocycles. The number of fused-ring (bicyclic) bond motifs is 1. The number of halogens is 1. The van der Waals surface area contributed by atoms with Crippen molar-refractivity contribution in [2.75, 3.05) is 0 Å². The minimum Gasteiger partial charge on any atom is -0.488 e. The first-order chi connectivity index (χ1) is 10.7. The molecule has 0 atom stereocenters. The third kappa shape index (κ3) is 2.74. The molecule has 3 rings (SSSR count). The van der Waals surface area contributed by atoms with E-state index >= 15 is 0 Å². The first-order valence-corrected chi connectivity index (χ1v) is 7.22. The zero-order valence-corrected chi connectivity index (χ0v) is 12.8. The van der Waals surface area contributed by atoms with Crippen LogP contribution in [-0.4, -0.2) is 4.98 Å². The van der Waals surface area contributed by atoms with E-state index in [-0.39, 0.29) is 0 Å². The monoisotopic (exact) mass is 308 g/mol. The molecule has 22 heavy (non-hydrogen) atoms. The molecule has 0 aliphatic carbocycles. The van der Waals surface area contributed by atoms with Crippen molar-refractivity contribution in [1.29, 1.82) is 5.26 Å². The van der Waals surface area contributed by atoms with Gasteiger partial charge in [0.05, 0.1) is 17.1 Å². The Balaban J connectivity index is 1.91. The van der Waals surface area contributed by atoms with Crippen LogP contribution in [0, 0.1) is 18.3 Å². The van der Waals surface area contributed by atoms with Crippen LogP contribution in [0.5, 0.6) is 5.75 Å². The Kier molecular flexibility index (Phi) is 3.95. The zero-order valence-electron chi connectivity index (χ0n) is 12.0. The van der Waals surface area contributed by atoms with E-state index in [4.69, 9.17) is 21.6 Å². The second-order valence-electron chi connectivity index (χ2n) is 4.98. The fraction of sp³-hybridized carbons (Fsp3) is 0.111. The number of pyridine rings is 1. The Morgan fingerprint density at radius 2 is 2.09 bits per heavy atom. The lowest BCUT2D eigenvalue weighted by atomic mass is 10.1. The maximum Gasteiger partial charge on any atom is 0.122 e. The van der Waals surface area contributed by atoms with Crippen molar-refractivity contribution in [1.82, 2.24) is 4.98 Å². The van der Waals surface area contributed by atoms with Crippen LogP contribution in [0.15, 0.2) is 48.7 Å². The SMILES string of the molecule is Cc1cc(C#N)ccc1OCc1c(Cl)ccc2cccnc12. The van der Waals surface area contributed by atoms with E-state index in [9.17, 15) is 0 Å². The predicted octanol–water partition coefficient (Wildman–Crippen LogP) is 4.65. The normalized spacial score (nSPS) is 10.4. The Labute approximate surface area is 133 Å². The van der Waals surface area contributed by atoms with Gasteiger partial charge in [0.2, 0.25) is 0 Å². The molecule has 0 bridgehead atoms. The molecule has 0 spiro atoms. The Bertz CT molecular complexity index is 884. The van der Waals surface area contributed by atoms with E-state index in [0.29, 0.717) is 17.2 Å². The highest BCUT2D eigenvalue weighted by molar-refractivity contribution is 6.32. The molecule has 4 heteroatoms. The van der Waals surface area contributed by atoms with Crippen LogP contribution >= 0.6 is 11.6 Å². The highest BCUT2D eigenvalue weighted by Crippen LogP contribution is 2.27. The van der Waals surface area contributed by atoms with Crippen LogP contribution in [0.2, 0.25) is 5.02 Å². The summed E-state index contributed by atoms with van der Waals surface area (Å²) in [6, 6.07) is 15.2. The molecule has 3 nitrogen and oxygen atoms in total. The molecular weight excluding hydrogens is 296 g/mol. The number of hydrogen-bond donors (Lipinski definition) is 0.